The Kier molecular flexibility index (Phi) is 2.93. The van der Waals surface area contributed by atoms with Gasteiger partial charge in [-0.25, -0.2) is 9.36 Å². The molecule has 0 fully saturated rings. The molecule has 0 atom stereocenters. The monoisotopic (exact) mass is 266 g/mol. The maximum atomic E-state index is 4.60. The largest absolute Gasteiger partial charge is 0.239 e. The normalized spacial score (nSPS) is 11.8. The van der Waals surface area contributed by atoms with Crippen LogP contribution in [0.4, 0.5) is 0 Å². The summed E-state index contributed by atoms with van der Waals surface area (Å²) < 4.78 is 3.67. The molecule has 102 valence electrons. The van der Waals surface area contributed by atoms with Crippen molar-refractivity contribution in [1.82, 2.24) is 19.6 Å². The van der Waals surface area contributed by atoms with Crippen molar-refractivity contribution in [3.05, 3.63) is 60.6 Å². The molecule has 1 aromatic carbocycles. The minimum Gasteiger partial charge on any atom is -0.239 e. The number of para-hydroxylation sites is 1. The molecule has 0 amide bonds. The maximum absolute atomic E-state index is 4.60. The van der Waals surface area contributed by atoms with Crippen LogP contribution in [0.15, 0.2) is 54.9 Å². The van der Waals surface area contributed by atoms with Crippen molar-refractivity contribution in [3.63, 3.8) is 0 Å². The highest BCUT2D eigenvalue weighted by molar-refractivity contribution is 5.32. The maximum Gasteiger partial charge on any atom is 0.175 e. The molecule has 4 heteroatoms. The number of rotatable bonds is 2. The Hall–Kier alpha value is -2.36. The van der Waals surface area contributed by atoms with E-state index in [9.17, 15) is 0 Å². The molecule has 4 nitrogen and oxygen atoms in total. The van der Waals surface area contributed by atoms with Crippen LogP contribution in [0.5, 0.6) is 0 Å². The lowest BCUT2D eigenvalue weighted by Crippen LogP contribution is -2.12. The van der Waals surface area contributed by atoms with Crippen LogP contribution in [0, 0.1) is 0 Å². The third-order valence-electron chi connectivity index (χ3n) is 3.19. The second kappa shape index (κ2) is 4.63. The van der Waals surface area contributed by atoms with Crippen molar-refractivity contribution >= 4 is 0 Å². The van der Waals surface area contributed by atoms with E-state index < -0.39 is 0 Å². The first-order chi connectivity index (χ1) is 9.54. The first-order valence-corrected chi connectivity index (χ1v) is 6.72. The van der Waals surface area contributed by atoms with Gasteiger partial charge in [0.05, 0.1) is 11.4 Å². The zero-order chi connectivity index (χ0) is 14.2. The molecule has 3 aromatic rings. The summed E-state index contributed by atoms with van der Waals surface area (Å²) in [5, 5.41) is 9.16. The molecule has 0 saturated heterocycles. The van der Waals surface area contributed by atoms with Crippen LogP contribution in [-0.4, -0.2) is 19.6 Å². The molecule has 2 aromatic heterocycles. The predicted octanol–water partition coefficient (Wildman–Crippen LogP) is 3.36. The Labute approximate surface area is 118 Å². The number of benzene rings is 1. The minimum atomic E-state index is 0.0489. The van der Waals surface area contributed by atoms with E-state index in [0.29, 0.717) is 0 Å². The Balaban J connectivity index is 1.93. The van der Waals surface area contributed by atoms with Crippen molar-refractivity contribution < 1.29 is 0 Å². The summed E-state index contributed by atoms with van der Waals surface area (Å²) in [6.45, 7) is 6.47. The second-order valence-electron chi connectivity index (χ2n) is 5.85. The van der Waals surface area contributed by atoms with Crippen molar-refractivity contribution in [3.8, 4) is 11.5 Å². The third kappa shape index (κ3) is 2.37. The molecular weight excluding hydrogens is 248 g/mol. The van der Waals surface area contributed by atoms with Gasteiger partial charge in [0, 0.05) is 23.9 Å². The number of hydrogen-bond acceptors (Lipinski definition) is 2. The third-order valence-corrected chi connectivity index (χ3v) is 3.19. The lowest BCUT2D eigenvalue weighted by atomic mass is 9.93. The van der Waals surface area contributed by atoms with Gasteiger partial charge < -0.3 is 0 Å². The summed E-state index contributed by atoms with van der Waals surface area (Å²) in [6, 6.07) is 14.1. The van der Waals surface area contributed by atoms with Crippen molar-refractivity contribution in [2.45, 2.75) is 26.2 Å². The summed E-state index contributed by atoms with van der Waals surface area (Å²) in [7, 11) is 0. The first-order valence-electron chi connectivity index (χ1n) is 6.72. The van der Waals surface area contributed by atoms with Gasteiger partial charge in [0.15, 0.2) is 5.82 Å². The van der Waals surface area contributed by atoms with Gasteiger partial charge in [0.25, 0.3) is 0 Å². The smallest absolute Gasteiger partial charge is 0.175 e. The molecule has 0 bridgehead atoms. The van der Waals surface area contributed by atoms with E-state index >= 15 is 0 Å². The Morgan fingerprint density at radius 3 is 2.15 bits per heavy atom. The Morgan fingerprint density at radius 1 is 0.800 bits per heavy atom. The van der Waals surface area contributed by atoms with Crippen molar-refractivity contribution in [2.24, 2.45) is 0 Å². The van der Waals surface area contributed by atoms with Gasteiger partial charge in [-0.15, -0.1) is 5.10 Å². The summed E-state index contributed by atoms with van der Waals surface area (Å²) in [4.78, 5) is 0. The van der Waals surface area contributed by atoms with E-state index in [1.165, 1.54) is 0 Å². The highest BCUT2D eigenvalue weighted by Gasteiger charge is 2.17. The molecule has 20 heavy (non-hydrogen) atoms. The highest BCUT2D eigenvalue weighted by atomic mass is 15.4. The van der Waals surface area contributed by atoms with Gasteiger partial charge in [0.1, 0.15) is 0 Å². The molecule has 0 aliphatic rings. The standard InChI is InChI=1S/C16H18N4/c1-16(2,3)14-9-11-20(17-14)15-10-12-19(18-15)13-7-5-4-6-8-13/h4-12H,1-3H3. The number of nitrogens with zero attached hydrogens (tertiary/aromatic N) is 4. The summed E-state index contributed by atoms with van der Waals surface area (Å²) in [5.74, 6) is 0.823. The summed E-state index contributed by atoms with van der Waals surface area (Å²) >= 11 is 0. The van der Waals surface area contributed by atoms with E-state index in [4.69, 9.17) is 0 Å². The first kappa shape index (κ1) is 12.7. The highest BCUT2D eigenvalue weighted by Crippen LogP contribution is 2.20. The zero-order valence-electron chi connectivity index (χ0n) is 12.0. The van der Waals surface area contributed by atoms with Crippen LogP contribution < -0.4 is 0 Å². The van der Waals surface area contributed by atoms with Crippen LogP contribution in [-0.2, 0) is 5.41 Å². The average molecular weight is 266 g/mol. The van der Waals surface area contributed by atoms with Crippen LogP contribution in [0.2, 0.25) is 0 Å². The molecule has 0 aliphatic heterocycles. The van der Waals surface area contributed by atoms with Crippen LogP contribution in [0.25, 0.3) is 11.5 Å². The average Bonchev–Trinajstić information content (AvgIpc) is 3.08. The van der Waals surface area contributed by atoms with E-state index in [2.05, 4.69) is 31.0 Å². The molecular formula is C16H18N4. The molecule has 2 heterocycles. The molecule has 0 aliphatic carbocycles. The second-order valence-corrected chi connectivity index (χ2v) is 5.85. The Morgan fingerprint density at radius 2 is 1.50 bits per heavy atom. The fourth-order valence-corrected chi connectivity index (χ4v) is 2.01. The molecule has 0 spiro atoms. The fraction of sp³-hybridized carbons (Fsp3) is 0.250. The van der Waals surface area contributed by atoms with Crippen LogP contribution in [0.1, 0.15) is 26.5 Å². The SMILES string of the molecule is CC(C)(C)c1ccn(-c2ccn(-c3ccccc3)n2)n1. The van der Waals surface area contributed by atoms with Crippen LogP contribution >= 0.6 is 0 Å². The molecule has 0 saturated carbocycles. The zero-order valence-corrected chi connectivity index (χ0v) is 12.0. The van der Waals surface area contributed by atoms with Crippen LogP contribution in [0.3, 0.4) is 0 Å². The fourth-order valence-electron chi connectivity index (χ4n) is 2.01. The summed E-state index contributed by atoms with van der Waals surface area (Å²) in [6.07, 6.45) is 3.90. The summed E-state index contributed by atoms with van der Waals surface area (Å²) in [5.41, 5.74) is 2.15. The van der Waals surface area contributed by atoms with Gasteiger partial charge in [-0.1, -0.05) is 39.0 Å². The quantitative estimate of drug-likeness (QED) is 0.713. The van der Waals surface area contributed by atoms with Gasteiger partial charge in [0.2, 0.25) is 0 Å². The number of hydrogen-bond donors (Lipinski definition) is 0. The van der Waals surface area contributed by atoms with E-state index in [-0.39, 0.29) is 5.41 Å². The minimum absolute atomic E-state index is 0.0489. The van der Waals surface area contributed by atoms with Crippen molar-refractivity contribution in [1.29, 1.82) is 0 Å². The van der Waals surface area contributed by atoms with Gasteiger partial charge in [-0.3, -0.25) is 0 Å². The van der Waals surface area contributed by atoms with Crippen molar-refractivity contribution in [2.75, 3.05) is 0 Å². The predicted molar refractivity (Wildman–Crippen MR) is 79.4 cm³/mol. The van der Waals surface area contributed by atoms with E-state index in [1.54, 1.807) is 0 Å². The topological polar surface area (TPSA) is 35.6 Å². The van der Waals surface area contributed by atoms with Gasteiger partial charge >= 0.3 is 0 Å². The molecule has 0 unspecified atom stereocenters. The van der Waals surface area contributed by atoms with Gasteiger partial charge in [-0.05, 0) is 18.2 Å². The Bertz CT molecular complexity index is 701. The van der Waals surface area contributed by atoms with E-state index in [0.717, 1.165) is 17.2 Å². The molecule has 0 N–H and O–H groups in total. The number of aromatic nitrogens is 4. The van der Waals surface area contributed by atoms with Gasteiger partial charge in [-0.2, -0.15) is 5.10 Å². The molecule has 0 radical (unpaired) electrons. The lowest BCUT2D eigenvalue weighted by Gasteiger charge is -2.14. The van der Waals surface area contributed by atoms with E-state index in [1.807, 2.05) is 64.2 Å². The molecule has 3 rings (SSSR count). The lowest BCUT2D eigenvalue weighted by molar-refractivity contribution is 0.559.